The molecule has 0 radical (unpaired) electrons. The molecule has 1 amide bonds. The molecule has 0 saturated heterocycles. The Balaban J connectivity index is 1.62. The number of aliphatic carboxylic acids is 1. The summed E-state index contributed by atoms with van der Waals surface area (Å²) in [5.41, 5.74) is 2.18. The standard InChI is InChI=1S/C23H32N4O5/c1-4-5-13-26(2)23(30)31-15-20-21(24-25-27(20)3)16-9-11-18(12-10-16)32-19-8-6-7-17(14-19)22(28)29/h9-12,17,19H,4-8,13-15H2,1-3H3,(H,28,29)/t17-,19-/m0/s1. The SMILES string of the molecule is CCCCN(C)C(=O)OCc1c(-c2ccc(O[C@H]3CCC[C@H](C(=O)O)C3)cc2)nnn1C. The molecule has 0 bridgehead atoms. The molecule has 0 unspecified atom stereocenters. The Morgan fingerprint density at radius 1 is 1.25 bits per heavy atom. The molecular formula is C23H32N4O5. The summed E-state index contributed by atoms with van der Waals surface area (Å²) in [7, 11) is 3.49. The lowest BCUT2D eigenvalue weighted by molar-refractivity contribution is -0.143. The summed E-state index contributed by atoms with van der Waals surface area (Å²) in [6.07, 6.45) is 4.43. The first-order valence-electron chi connectivity index (χ1n) is 11.1. The Bertz CT molecular complexity index is 912. The number of aromatic nitrogens is 3. The van der Waals surface area contributed by atoms with Crippen molar-refractivity contribution in [3.8, 4) is 17.0 Å². The van der Waals surface area contributed by atoms with Crippen LogP contribution in [-0.2, 0) is 23.2 Å². The maximum atomic E-state index is 12.2. The van der Waals surface area contributed by atoms with Crippen molar-refractivity contribution in [1.82, 2.24) is 19.9 Å². The molecule has 32 heavy (non-hydrogen) atoms. The van der Waals surface area contributed by atoms with Crippen LogP contribution in [0.2, 0.25) is 0 Å². The van der Waals surface area contributed by atoms with E-state index < -0.39 is 5.97 Å². The van der Waals surface area contributed by atoms with E-state index in [0.717, 1.165) is 31.2 Å². The predicted molar refractivity (Wildman–Crippen MR) is 118 cm³/mol. The molecule has 2 aromatic rings. The van der Waals surface area contributed by atoms with Crippen LogP contribution in [0.4, 0.5) is 4.79 Å². The van der Waals surface area contributed by atoms with Crippen LogP contribution in [0.3, 0.4) is 0 Å². The van der Waals surface area contributed by atoms with Gasteiger partial charge in [0.15, 0.2) is 0 Å². The molecule has 1 heterocycles. The molecule has 2 atom stereocenters. The van der Waals surface area contributed by atoms with E-state index in [1.165, 1.54) is 0 Å². The molecule has 1 saturated carbocycles. The highest BCUT2D eigenvalue weighted by atomic mass is 16.6. The lowest BCUT2D eigenvalue weighted by Gasteiger charge is -2.27. The molecule has 1 aliphatic rings. The number of ether oxygens (including phenoxy) is 2. The molecule has 1 fully saturated rings. The summed E-state index contributed by atoms with van der Waals surface area (Å²) in [5.74, 6) is -0.390. The van der Waals surface area contributed by atoms with Crippen molar-refractivity contribution in [3.63, 3.8) is 0 Å². The highest BCUT2D eigenvalue weighted by Gasteiger charge is 2.28. The highest BCUT2D eigenvalue weighted by molar-refractivity contribution is 5.70. The summed E-state index contributed by atoms with van der Waals surface area (Å²) in [4.78, 5) is 25.0. The maximum absolute atomic E-state index is 12.2. The first-order chi connectivity index (χ1) is 15.4. The molecule has 1 aliphatic carbocycles. The van der Waals surface area contributed by atoms with E-state index in [2.05, 4.69) is 17.2 Å². The average molecular weight is 445 g/mol. The minimum atomic E-state index is -0.749. The Morgan fingerprint density at radius 3 is 2.69 bits per heavy atom. The third-order valence-corrected chi connectivity index (χ3v) is 5.84. The van der Waals surface area contributed by atoms with Crippen LogP contribution in [0.5, 0.6) is 5.75 Å². The molecule has 9 heteroatoms. The number of carbonyl (C=O) groups is 2. The zero-order valence-corrected chi connectivity index (χ0v) is 19.0. The number of carbonyl (C=O) groups excluding carboxylic acids is 1. The molecule has 1 N–H and O–H groups in total. The monoisotopic (exact) mass is 444 g/mol. The van der Waals surface area contributed by atoms with E-state index in [-0.39, 0.29) is 24.7 Å². The molecule has 1 aromatic carbocycles. The van der Waals surface area contributed by atoms with Crippen LogP contribution in [0.15, 0.2) is 24.3 Å². The van der Waals surface area contributed by atoms with Crippen LogP contribution in [0.1, 0.15) is 51.1 Å². The van der Waals surface area contributed by atoms with Gasteiger partial charge in [-0.2, -0.15) is 0 Å². The van der Waals surface area contributed by atoms with Crippen LogP contribution in [0.25, 0.3) is 11.3 Å². The van der Waals surface area contributed by atoms with E-state index >= 15 is 0 Å². The van der Waals surface area contributed by atoms with Gasteiger partial charge in [-0.25, -0.2) is 9.48 Å². The lowest BCUT2D eigenvalue weighted by atomic mass is 9.87. The highest BCUT2D eigenvalue weighted by Crippen LogP contribution is 2.29. The Hall–Kier alpha value is -3.10. The van der Waals surface area contributed by atoms with Crippen molar-refractivity contribution < 1.29 is 24.2 Å². The number of aryl methyl sites for hydroxylation is 1. The smallest absolute Gasteiger partial charge is 0.409 e. The van der Waals surface area contributed by atoms with E-state index in [1.54, 1.807) is 23.7 Å². The summed E-state index contributed by atoms with van der Waals surface area (Å²) in [6.45, 7) is 2.80. The van der Waals surface area contributed by atoms with Gasteiger partial charge in [-0.05, 0) is 56.4 Å². The lowest BCUT2D eigenvalue weighted by Crippen LogP contribution is -2.29. The van der Waals surface area contributed by atoms with Crippen molar-refractivity contribution in [2.24, 2.45) is 13.0 Å². The molecule has 3 rings (SSSR count). The second-order valence-corrected chi connectivity index (χ2v) is 8.30. The quantitative estimate of drug-likeness (QED) is 0.625. The second kappa shape index (κ2) is 11.0. The first kappa shape index (κ1) is 23.6. The van der Waals surface area contributed by atoms with Crippen LogP contribution in [-0.4, -0.2) is 56.8 Å². The van der Waals surface area contributed by atoms with Crippen molar-refractivity contribution in [1.29, 1.82) is 0 Å². The number of nitrogens with zero attached hydrogens (tertiary/aromatic N) is 4. The number of hydrogen-bond acceptors (Lipinski definition) is 6. The number of unbranched alkanes of at least 4 members (excludes halogenated alkanes) is 1. The largest absolute Gasteiger partial charge is 0.490 e. The average Bonchev–Trinajstić information content (AvgIpc) is 3.16. The third-order valence-electron chi connectivity index (χ3n) is 5.84. The number of benzene rings is 1. The number of amides is 1. The Kier molecular flexibility index (Phi) is 8.08. The first-order valence-corrected chi connectivity index (χ1v) is 11.1. The molecular weight excluding hydrogens is 412 g/mol. The van der Waals surface area contributed by atoms with E-state index in [0.29, 0.717) is 36.5 Å². The fourth-order valence-electron chi connectivity index (χ4n) is 3.85. The topological polar surface area (TPSA) is 107 Å². The Morgan fingerprint density at radius 2 is 2.00 bits per heavy atom. The summed E-state index contributed by atoms with van der Waals surface area (Å²) in [5, 5.41) is 17.6. The molecule has 1 aromatic heterocycles. The second-order valence-electron chi connectivity index (χ2n) is 8.30. The van der Waals surface area contributed by atoms with Gasteiger partial charge in [0, 0.05) is 26.2 Å². The molecule has 0 aliphatic heterocycles. The van der Waals surface area contributed by atoms with Gasteiger partial charge in [0.1, 0.15) is 23.7 Å². The van der Waals surface area contributed by atoms with E-state index in [1.807, 2.05) is 24.3 Å². The zero-order valence-electron chi connectivity index (χ0n) is 19.0. The molecule has 174 valence electrons. The van der Waals surface area contributed by atoms with Gasteiger partial charge >= 0.3 is 12.1 Å². The minimum absolute atomic E-state index is 0.0744. The summed E-state index contributed by atoms with van der Waals surface area (Å²) in [6, 6.07) is 7.47. The van der Waals surface area contributed by atoms with Crippen molar-refractivity contribution in [2.45, 2.75) is 58.2 Å². The summed E-state index contributed by atoms with van der Waals surface area (Å²) < 4.78 is 13.1. The fourth-order valence-corrected chi connectivity index (χ4v) is 3.85. The maximum Gasteiger partial charge on any atom is 0.409 e. The minimum Gasteiger partial charge on any atom is -0.490 e. The van der Waals surface area contributed by atoms with Gasteiger partial charge < -0.3 is 19.5 Å². The number of hydrogen-bond donors (Lipinski definition) is 1. The summed E-state index contributed by atoms with van der Waals surface area (Å²) >= 11 is 0. The van der Waals surface area contributed by atoms with E-state index in [9.17, 15) is 14.7 Å². The zero-order chi connectivity index (χ0) is 23.1. The molecule has 0 spiro atoms. The van der Waals surface area contributed by atoms with Crippen LogP contribution >= 0.6 is 0 Å². The normalized spacial score (nSPS) is 18.2. The van der Waals surface area contributed by atoms with Crippen LogP contribution in [0, 0.1) is 5.92 Å². The fraction of sp³-hybridized carbons (Fsp3) is 0.565. The van der Waals surface area contributed by atoms with Gasteiger partial charge in [-0.1, -0.05) is 18.6 Å². The van der Waals surface area contributed by atoms with Gasteiger partial charge in [0.2, 0.25) is 0 Å². The van der Waals surface area contributed by atoms with E-state index in [4.69, 9.17) is 9.47 Å². The van der Waals surface area contributed by atoms with Crippen LogP contribution < -0.4 is 4.74 Å². The predicted octanol–water partition coefficient (Wildman–Crippen LogP) is 3.87. The molecule has 9 nitrogen and oxygen atoms in total. The number of carboxylic acids is 1. The van der Waals surface area contributed by atoms with Gasteiger partial charge in [0.05, 0.1) is 12.0 Å². The Labute approximate surface area is 188 Å². The van der Waals surface area contributed by atoms with Gasteiger partial charge in [-0.3, -0.25) is 4.79 Å². The van der Waals surface area contributed by atoms with Crippen molar-refractivity contribution >= 4 is 12.1 Å². The number of carboxylic acid groups (broad SMARTS) is 1. The van der Waals surface area contributed by atoms with Crippen molar-refractivity contribution in [3.05, 3.63) is 30.0 Å². The van der Waals surface area contributed by atoms with Gasteiger partial charge in [-0.15, -0.1) is 5.10 Å². The van der Waals surface area contributed by atoms with Crippen molar-refractivity contribution in [2.75, 3.05) is 13.6 Å². The number of rotatable bonds is 9. The third kappa shape index (κ3) is 5.99. The van der Waals surface area contributed by atoms with Gasteiger partial charge in [0.25, 0.3) is 0 Å².